The Hall–Kier alpha value is -0.240. The Balaban J connectivity index is 2.79. The Kier molecular flexibility index (Phi) is 6.32. The van der Waals surface area contributed by atoms with Crippen molar-refractivity contribution in [2.75, 3.05) is 18.4 Å². The summed E-state index contributed by atoms with van der Waals surface area (Å²) in [7, 11) is 0. The molecule has 0 atom stereocenters. The maximum absolute atomic E-state index is 12.3. The highest BCUT2D eigenvalue weighted by molar-refractivity contribution is 14.1. The van der Waals surface area contributed by atoms with Gasteiger partial charge in [0.1, 0.15) is 0 Å². The molecule has 0 saturated carbocycles. The summed E-state index contributed by atoms with van der Waals surface area (Å²) in [6, 6.07) is 6.86. The molecule has 0 aliphatic rings. The van der Waals surface area contributed by atoms with Gasteiger partial charge in [-0.15, -0.1) is 0 Å². The molecular weight excluding hydrogens is 407 g/mol. The zero-order valence-electron chi connectivity index (χ0n) is 8.88. The topological polar surface area (TPSA) is 20.3 Å². The van der Waals surface area contributed by atoms with Crippen molar-refractivity contribution in [2.24, 2.45) is 0 Å². The van der Waals surface area contributed by atoms with Crippen molar-refractivity contribution in [3.8, 4) is 0 Å². The molecule has 0 bridgehead atoms. The van der Waals surface area contributed by atoms with Gasteiger partial charge < -0.3 is 4.90 Å². The lowest BCUT2D eigenvalue weighted by molar-refractivity contribution is 0.0572. The summed E-state index contributed by atoms with van der Waals surface area (Å²) in [6.07, 6.45) is -2.51. The molecule has 0 unspecified atom stereocenters. The standard InChI is InChI=1S/C11H11BrF2INO/c12-5-6-16(7-10(13)14)11(17)8-1-3-9(15)4-2-8/h1-4,10H,5-7H2. The molecule has 0 heterocycles. The quantitative estimate of drug-likeness (QED) is 0.531. The molecule has 6 heteroatoms. The van der Waals surface area contributed by atoms with E-state index in [-0.39, 0.29) is 12.5 Å². The van der Waals surface area contributed by atoms with Gasteiger partial charge in [-0.1, -0.05) is 15.9 Å². The van der Waals surface area contributed by atoms with Crippen molar-refractivity contribution in [3.63, 3.8) is 0 Å². The normalized spacial score (nSPS) is 10.6. The van der Waals surface area contributed by atoms with Crippen LogP contribution in [0.15, 0.2) is 24.3 Å². The van der Waals surface area contributed by atoms with Gasteiger partial charge in [0.2, 0.25) is 0 Å². The number of hydrogen-bond donors (Lipinski definition) is 0. The van der Waals surface area contributed by atoms with Gasteiger partial charge in [-0.05, 0) is 46.9 Å². The molecular formula is C11H11BrF2INO. The molecule has 0 radical (unpaired) electrons. The van der Waals surface area contributed by atoms with E-state index in [2.05, 4.69) is 38.5 Å². The highest BCUT2D eigenvalue weighted by atomic mass is 127. The van der Waals surface area contributed by atoms with E-state index in [0.717, 1.165) is 8.47 Å². The van der Waals surface area contributed by atoms with Crippen molar-refractivity contribution in [1.29, 1.82) is 0 Å². The second-order valence-electron chi connectivity index (χ2n) is 3.34. The molecule has 0 aromatic heterocycles. The van der Waals surface area contributed by atoms with Gasteiger partial charge in [-0.3, -0.25) is 4.79 Å². The van der Waals surface area contributed by atoms with Crippen molar-refractivity contribution in [3.05, 3.63) is 33.4 Å². The minimum Gasteiger partial charge on any atom is -0.332 e. The predicted molar refractivity (Wildman–Crippen MR) is 74.9 cm³/mol. The first kappa shape index (κ1) is 14.8. The SMILES string of the molecule is O=C(c1ccc(I)cc1)N(CCBr)CC(F)F. The van der Waals surface area contributed by atoms with Crippen LogP contribution in [0.3, 0.4) is 0 Å². The fourth-order valence-corrected chi connectivity index (χ4v) is 2.11. The molecule has 17 heavy (non-hydrogen) atoms. The summed E-state index contributed by atoms with van der Waals surface area (Å²) in [5.41, 5.74) is 0.437. The zero-order chi connectivity index (χ0) is 12.8. The number of alkyl halides is 3. The second-order valence-corrected chi connectivity index (χ2v) is 5.38. The number of hydrogen-bond acceptors (Lipinski definition) is 1. The number of halogens is 4. The minimum atomic E-state index is -2.51. The minimum absolute atomic E-state index is 0.273. The molecule has 2 nitrogen and oxygen atoms in total. The zero-order valence-corrected chi connectivity index (χ0v) is 12.6. The van der Waals surface area contributed by atoms with Crippen molar-refractivity contribution >= 4 is 44.4 Å². The molecule has 0 fully saturated rings. The number of carbonyl (C=O) groups excluding carboxylic acids is 1. The van der Waals surface area contributed by atoms with E-state index in [1.54, 1.807) is 24.3 Å². The van der Waals surface area contributed by atoms with Crippen molar-refractivity contribution in [2.45, 2.75) is 6.43 Å². The monoisotopic (exact) mass is 417 g/mol. The van der Waals surface area contributed by atoms with Crippen LogP contribution in [0.2, 0.25) is 0 Å². The van der Waals surface area contributed by atoms with Gasteiger partial charge in [0.25, 0.3) is 12.3 Å². The number of rotatable bonds is 5. The number of carbonyl (C=O) groups is 1. The van der Waals surface area contributed by atoms with Crippen LogP contribution in [-0.4, -0.2) is 35.7 Å². The van der Waals surface area contributed by atoms with Crippen LogP contribution in [0.5, 0.6) is 0 Å². The highest BCUT2D eigenvalue weighted by Gasteiger charge is 2.18. The van der Waals surface area contributed by atoms with Crippen LogP contribution >= 0.6 is 38.5 Å². The third-order valence-corrected chi connectivity index (χ3v) is 3.17. The first-order valence-corrected chi connectivity index (χ1v) is 7.13. The number of benzene rings is 1. The van der Waals surface area contributed by atoms with Crippen LogP contribution in [0.4, 0.5) is 8.78 Å². The molecule has 0 saturated heterocycles. The summed E-state index contributed by atoms with van der Waals surface area (Å²) in [5, 5.41) is 0.482. The molecule has 1 aromatic rings. The maximum atomic E-state index is 12.3. The Labute approximate surface area is 121 Å². The summed E-state index contributed by atoms with van der Waals surface area (Å²) < 4.78 is 25.7. The average molecular weight is 418 g/mol. The maximum Gasteiger partial charge on any atom is 0.255 e. The van der Waals surface area contributed by atoms with Gasteiger partial charge in [-0.2, -0.15) is 0 Å². The second kappa shape index (κ2) is 7.25. The molecule has 1 rings (SSSR count). The molecule has 0 spiro atoms. The average Bonchev–Trinajstić information content (AvgIpc) is 2.28. The number of amides is 1. The Morgan fingerprint density at radius 1 is 1.35 bits per heavy atom. The first-order valence-electron chi connectivity index (χ1n) is 4.93. The Morgan fingerprint density at radius 3 is 2.41 bits per heavy atom. The van der Waals surface area contributed by atoms with Crippen LogP contribution in [0.1, 0.15) is 10.4 Å². The van der Waals surface area contributed by atoms with E-state index in [4.69, 9.17) is 0 Å². The van der Waals surface area contributed by atoms with Crippen molar-refractivity contribution in [1.82, 2.24) is 4.90 Å². The van der Waals surface area contributed by atoms with E-state index in [1.807, 2.05) is 0 Å². The molecule has 94 valence electrons. The Bertz CT molecular complexity index is 372. The fraction of sp³-hybridized carbons (Fsp3) is 0.364. The lowest BCUT2D eigenvalue weighted by atomic mass is 10.2. The van der Waals surface area contributed by atoms with E-state index >= 15 is 0 Å². The van der Waals surface area contributed by atoms with Gasteiger partial charge in [0, 0.05) is 21.0 Å². The fourth-order valence-electron chi connectivity index (χ4n) is 1.32. The van der Waals surface area contributed by atoms with Gasteiger partial charge in [0.15, 0.2) is 0 Å². The molecule has 0 aliphatic carbocycles. The largest absolute Gasteiger partial charge is 0.332 e. The van der Waals surface area contributed by atoms with E-state index < -0.39 is 13.0 Å². The third kappa shape index (κ3) is 4.87. The van der Waals surface area contributed by atoms with Gasteiger partial charge >= 0.3 is 0 Å². The molecule has 1 amide bonds. The summed E-state index contributed by atoms with van der Waals surface area (Å²) in [5.74, 6) is -0.360. The van der Waals surface area contributed by atoms with Crippen LogP contribution in [0.25, 0.3) is 0 Å². The van der Waals surface area contributed by atoms with Crippen molar-refractivity contribution < 1.29 is 13.6 Å². The third-order valence-electron chi connectivity index (χ3n) is 2.09. The van der Waals surface area contributed by atoms with Crippen LogP contribution in [0, 0.1) is 3.57 Å². The van der Waals surface area contributed by atoms with Gasteiger partial charge in [0.05, 0.1) is 6.54 Å². The predicted octanol–water partition coefficient (Wildman–Crippen LogP) is 3.39. The number of nitrogens with zero attached hydrogens (tertiary/aromatic N) is 1. The van der Waals surface area contributed by atoms with E-state index in [1.165, 1.54) is 0 Å². The molecule has 0 aliphatic heterocycles. The van der Waals surface area contributed by atoms with Gasteiger partial charge in [-0.25, -0.2) is 8.78 Å². The lowest BCUT2D eigenvalue weighted by Gasteiger charge is -2.21. The smallest absolute Gasteiger partial charge is 0.255 e. The lowest BCUT2D eigenvalue weighted by Crippen LogP contribution is -2.36. The molecule has 1 aromatic carbocycles. The van der Waals surface area contributed by atoms with E-state index in [9.17, 15) is 13.6 Å². The van der Waals surface area contributed by atoms with Crippen LogP contribution < -0.4 is 0 Å². The molecule has 0 N–H and O–H groups in total. The van der Waals surface area contributed by atoms with E-state index in [0.29, 0.717) is 10.9 Å². The summed E-state index contributed by atoms with van der Waals surface area (Å²) in [4.78, 5) is 13.1. The Morgan fingerprint density at radius 2 is 1.94 bits per heavy atom. The highest BCUT2D eigenvalue weighted by Crippen LogP contribution is 2.11. The van der Waals surface area contributed by atoms with Crippen LogP contribution in [-0.2, 0) is 0 Å². The summed E-state index contributed by atoms with van der Waals surface area (Å²) >= 11 is 5.27. The first-order chi connectivity index (χ1) is 8.04. The summed E-state index contributed by atoms with van der Waals surface area (Å²) in [6.45, 7) is -0.258.